The fourth-order valence-corrected chi connectivity index (χ4v) is 4.45. The number of esters is 1. The molecule has 1 aromatic carbocycles. The summed E-state index contributed by atoms with van der Waals surface area (Å²) in [5.74, 6) is -1.56. The second kappa shape index (κ2) is 6.95. The van der Waals surface area contributed by atoms with Crippen LogP contribution in [0.5, 0.6) is 0 Å². The van der Waals surface area contributed by atoms with Gasteiger partial charge in [0.25, 0.3) is 11.8 Å². The van der Waals surface area contributed by atoms with E-state index in [0.717, 1.165) is 4.90 Å². The van der Waals surface area contributed by atoms with Crippen LogP contribution in [0.15, 0.2) is 0 Å². The number of imide groups is 1. The minimum absolute atomic E-state index is 0.0128. The summed E-state index contributed by atoms with van der Waals surface area (Å²) in [4.78, 5) is 38.4. The lowest BCUT2D eigenvalue weighted by molar-refractivity contribution is -0.146. The molecule has 0 bridgehead atoms. The molecule has 0 unspecified atom stereocenters. The molecule has 1 aliphatic heterocycles. The molecule has 134 valence electrons. The van der Waals surface area contributed by atoms with Crippen molar-refractivity contribution < 1.29 is 19.1 Å². The Balaban J connectivity index is 1.90. The third-order valence-corrected chi connectivity index (χ3v) is 6.53. The zero-order valence-corrected chi connectivity index (χ0v) is 16.1. The van der Waals surface area contributed by atoms with Crippen molar-refractivity contribution in [2.24, 2.45) is 5.92 Å². The van der Waals surface area contributed by atoms with Crippen LogP contribution in [-0.4, -0.2) is 35.8 Å². The number of rotatable bonds is 2. The van der Waals surface area contributed by atoms with Crippen LogP contribution in [0.4, 0.5) is 0 Å². The zero-order chi connectivity index (χ0) is 18.5. The highest BCUT2D eigenvalue weighted by atomic mass is 35.5. The Labute approximate surface area is 164 Å². The Morgan fingerprint density at radius 3 is 1.72 bits per heavy atom. The lowest BCUT2D eigenvalue weighted by Crippen LogP contribution is -2.42. The van der Waals surface area contributed by atoms with Crippen molar-refractivity contribution in [3.8, 4) is 0 Å². The van der Waals surface area contributed by atoms with E-state index < -0.39 is 11.8 Å². The molecule has 25 heavy (non-hydrogen) atoms. The lowest BCUT2D eigenvalue weighted by Gasteiger charge is -2.32. The van der Waals surface area contributed by atoms with Crippen molar-refractivity contribution >= 4 is 64.2 Å². The minimum atomic E-state index is -0.535. The van der Waals surface area contributed by atoms with E-state index in [4.69, 9.17) is 51.1 Å². The normalized spacial score (nSPS) is 23.0. The fourth-order valence-electron chi connectivity index (χ4n) is 3.43. The second-order valence-electron chi connectivity index (χ2n) is 6.01. The van der Waals surface area contributed by atoms with Gasteiger partial charge in [-0.05, 0) is 25.7 Å². The molecule has 9 heteroatoms. The molecule has 1 saturated carbocycles. The molecule has 1 aromatic rings. The number of hydrogen-bond donors (Lipinski definition) is 0. The van der Waals surface area contributed by atoms with E-state index in [1.54, 1.807) is 0 Å². The van der Waals surface area contributed by atoms with E-state index in [2.05, 4.69) is 0 Å². The SMILES string of the molecule is COC(=O)C1CCC(N2C(=O)c3c(Cl)c(Cl)c(Cl)c(Cl)c3C2=O)CC1. The monoisotopic (exact) mass is 423 g/mol. The largest absolute Gasteiger partial charge is 0.469 e. The third kappa shape index (κ3) is 2.91. The quantitative estimate of drug-likeness (QED) is 0.300. The highest BCUT2D eigenvalue weighted by Gasteiger charge is 2.45. The number of carbonyl (C=O) groups excluding carboxylic acids is 3. The van der Waals surface area contributed by atoms with Crippen molar-refractivity contribution in [1.29, 1.82) is 0 Å². The molecule has 0 spiro atoms. The summed E-state index contributed by atoms with van der Waals surface area (Å²) in [6.07, 6.45) is 2.07. The molecule has 0 N–H and O–H groups in total. The molecule has 1 fully saturated rings. The number of hydrogen-bond acceptors (Lipinski definition) is 4. The first-order chi connectivity index (χ1) is 11.8. The van der Waals surface area contributed by atoms with Gasteiger partial charge in [-0.15, -0.1) is 0 Å². The molecule has 0 radical (unpaired) electrons. The molecular weight excluding hydrogens is 412 g/mol. The van der Waals surface area contributed by atoms with Gasteiger partial charge in [0.1, 0.15) is 0 Å². The van der Waals surface area contributed by atoms with Crippen LogP contribution in [0.3, 0.4) is 0 Å². The fraction of sp³-hybridized carbons (Fsp3) is 0.438. The number of methoxy groups -OCH3 is 1. The van der Waals surface area contributed by atoms with Gasteiger partial charge in [-0.1, -0.05) is 46.4 Å². The molecule has 2 amide bonds. The maximum atomic E-state index is 12.8. The number of ether oxygens (including phenoxy) is 1. The standard InChI is InChI=1S/C16H13Cl4NO4/c1-25-16(24)6-2-4-7(5-3-6)21-14(22)8-9(15(21)23)11(18)13(20)12(19)10(8)17/h6-7H,2-5H2,1H3. The van der Waals surface area contributed by atoms with Crippen LogP contribution in [0.1, 0.15) is 46.4 Å². The van der Waals surface area contributed by atoms with Crippen molar-refractivity contribution in [2.45, 2.75) is 31.7 Å². The van der Waals surface area contributed by atoms with Gasteiger partial charge in [-0.25, -0.2) is 0 Å². The summed E-state index contributed by atoms with van der Waals surface area (Å²) in [6, 6.07) is -0.335. The minimum Gasteiger partial charge on any atom is -0.469 e. The lowest BCUT2D eigenvalue weighted by atomic mass is 9.85. The van der Waals surface area contributed by atoms with E-state index in [-0.39, 0.29) is 49.1 Å². The highest BCUT2D eigenvalue weighted by Crippen LogP contribution is 2.46. The van der Waals surface area contributed by atoms with Crippen molar-refractivity contribution in [1.82, 2.24) is 4.90 Å². The summed E-state index contributed by atoms with van der Waals surface area (Å²) in [5.41, 5.74) is -0.0256. The Hall–Kier alpha value is -1.01. The van der Waals surface area contributed by atoms with Gasteiger partial charge in [-0.2, -0.15) is 0 Å². The summed E-state index contributed by atoms with van der Waals surface area (Å²) in [5, 5.41) is -0.251. The van der Waals surface area contributed by atoms with Gasteiger partial charge in [-0.3, -0.25) is 19.3 Å². The summed E-state index contributed by atoms with van der Waals surface area (Å²) >= 11 is 24.3. The molecule has 0 atom stereocenters. The van der Waals surface area contributed by atoms with Crippen LogP contribution >= 0.6 is 46.4 Å². The second-order valence-corrected chi connectivity index (χ2v) is 7.53. The number of carbonyl (C=O) groups is 3. The van der Waals surface area contributed by atoms with E-state index >= 15 is 0 Å². The van der Waals surface area contributed by atoms with Crippen LogP contribution in [-0.2, 0) is 9.53 Å². The Morgan fingerprint density at radius 2 is 1.32 bits per heavy atom. The predicted molar refractivity (Wildman–Crippen MR) is 94.7 cm³/mol. The van der Waals surface area contributed by atoms with Gasteiger partial charge in [0.15, 0.2) is 0 Å². The van der Waals surface area contributed by atoms with Crippen molar-refractivity contribution in [3.63, 3.8) is 0 Å². The van der Waals surface area contributed by atoms with E-state index in [1.807, 2.05) is 0 Å². The maximum Gasteiger partial charge on any atom is 0.308 e. The highest BCUT2D eigenvalue weighted by molar-refractivity contribution is 6.55. The smallest absolute Gasteiger partial charge is 0.308 e. The molecule has 2 aliphatic rings. The number of nitrogens with zero attached hydrogens (tertiary/aromatic N) is 1. The van der Waals surface area contributed by atoms with Crippen LogP contribution in [0.25, 0.3) is 0 Å². The van der Waals surface area contributed by atoms with Gasteiger partial charge < -0.3 is 4.74 Å². The van der Waals surface area contributed by atoms with Crippen LogP contribution in [0.2, 0.25) is 20.1 Å². The summed E-state index contributed by atoms with van der Waals surface area (Å²) < 4.78 is 4.75. The number of halogens is 4. The molecule has 1 aliphatic carbocycles. The molecule has 5 nitrogen and oxygen atoms in total. The van der Waals surface area contributed by atoms with E-state index in [0.29, 0.717) is 25.7 Å². The summed E-state index contributed by atoms with van der Waals surface area (Å²) in [6.45, 7) is 0. The first-order valence-corrected chi connectivity index (χ1v) is 9.12. The molecule has 0 aromatic heterocycles. The average molecular weight is 425 g/mol. The average Bonchev–Trinajstić information content (AvgIpc) is 2.88. The van der Waals surface area contributed by atoms with Crippen LogP contribution < -0.4 is 0 Å². The predicted octanol–water partition coefficient (Wildman–Crippen LogP) is 4.63. The number of benzene rings is 1. The Bertz CT molecular complexity index is 740. The molecule has 3 rings (SSSR count). The maximum absolute atomic E-state index is 12.8. The molecule has 0 saturated heterocycles. The van der Waals surface area contributed by atoms with Crippen LogP contribution in [0, 0.1) is 5.92 Å². The van der Waals surface area contributed by atoms with Gasteiger partial charge in [0, 0.05) is 6.04 Å². The zero-order valence-electron chi connectivity index (χ0n) is 13.1. The van der Waals surface area contributed by atoms with Gasteiger partial charge >= 0.3 is 5.97 Å². The Kier molecular flexibility index (Phi) is 5.22. The van der Waals surface area contributed by atoms with Gasteiger partial charge in [0.2, 0.25) is 0 Å². The van der Waals surface area contributed by atoms with Gasteiger partial charge in [0.05, 0.1) is 44.2 Å². The Morgan fingerprint density at radius 1 is 0.880 bits per heavy atom. The molecule has 1 heterocycles. The number of amides is 2. The van der Waals surface area contributed by atoms with E-state index in [9.17, 15) is 14.4 Å². The first kappa shape index (κ1) is 18.8. The summed E-state index contributed by atoms with van der Waals surface area (Å²) in [7, 11) is 1.34. The first-order valence-electron chi connectivity index (χ1n) is 7.61. The topological polar surface area (TPSA) is 63.7 Å². The number of fused-ring (bicyclic) bond motifs is 1. The van der Waals surface area contributed by atoms with Crippen molar-refractivity contribution in [2.75, 3.05) is 7.11 Å². The third-order valence-electron chi connectivity index (χ3n) is 4.73. The van der Waals surface area contributed by atoms with E-state index in [1.165, 1.54) is 7.11 Å². The molecular formula is C16H13Cl4NO4. The van der Waals surface area contributed by atoms with Crippen molar-refractivity contribution in [3.05, 3.63) is 31.2 Å².